The van der Waals surface area contributed by atoms with Crippen LogP contribution in [0, 0.1) is 0 Å². The molecule has 2 fully saturated rings. The number of aromatic nitrogens is 2. The smallest absolute Gasteiger partial charge is 0.136 e. The molecule has 5 heteroatoms. The Labute approximate surface area is 120 Å². The minimum Gasteiger partial charge on any atom is -0.391 e. The molecule has 3 rings (SSSR count). The SMILES string of the molecule is CNc1cc(NC2CCCCCC2O)nc(C2CC2)n1. The van der Waals surface area contributed by atoms with E-state index in [0.717, 1.165) is 36.7 Å². The van der Waals surface area contributed by atoms with Gasteiger partial charge in [0.2, 0.25) is 0 Å². The second-order valence-corrected chi connectivity index (χ2v) is 5.98. The van der Waals surface area contributed by atoms with Gasteiger partial charge in [0.15, 0.2) is 0 Å². The van der Waals surface area contributed by atoms with E-state index in [4.69, 9.17) is 0 Å². The zero-order valence-electron chi connectivity index (χ0n) is 12.1. The van der Waals surface area contributed by atoms with Crippen LogP contribution in [0.2, 0.25) is 0 Å². The van der Waals surface area contributed by atoms with Crippen LogP contribution in [0.5, 0.6) is 0 Å². The third kappa shape index (κ3) is 3.20. The quantitative estimate of drug-likeness (QED) is 0.737. The molecule has 3 N–H and O–H groups in total. The highest BCUT2D eigenvalue weighted by Gasteiger charge is 2.28. The van der Waals surface area contributed by atoms with Gasteiger partial charge in [-0.15, -0.1) is 0 Å². The zero-order valence-corrected chi connectivity index (χ0v) is 12.1. The van der Waals surface area contributed by atoms with Crippen LogP contribution in [-0.2, 0) is 0 Å². The number of aliphatic hydroxyl groups excluding tert-OH is 1. The number of nitrogens with zero attached hydrogens (tertiary/aromatic N) is 2. The van der Waals surface area contributed by atoms with Crippen molar-refractivity contribution in [2.45, 2.75) is 63.0 Å². The lowest BCUT2D eigenvalue weighted by molar-refractivity contribution is 0.144. The third-order valence-corrected chi connectivity index (χ3v) is 4.25. The van der Waals surface area contributed by atoms with Gasteiger partial charge < -0.3 is 15.7 Å². The normalized spacial score (nSPS) is 26.9. The van der Waals surface area contributed by atoms with Crippen molar-refractivity contribution in [1.82, 2.24) is 9.97 Å². The van der Waals surface area contributed by atoms with Crippen molar-refractivity contribution < 1.29 is 5.11 Å². The Kier molecular flexibility index (Phi) is 4.05. The van der Waals surface area contributed by atoms with E-state index in [2.05, 4.69) is 20.6 Å². The molecule has 110 valence electrons. The lowest BCUT2D eigenvalue weighted by Gasteiger charge is -2.22. The molecule has 0 spiro atoms. The first-order valence-corrected chi connectivity index (χ1v) is 7.77. The summed E-state index contributed by atoms with van der Waals surface area (Å²) in [6, 6.07) is 2.05. The Balaban J connectivity index is 1.76. The molecule has 2 saturated carbocycles. The van der Waals surface area contributed by atoms with Crippen LogP contribution in [0.3, 0.4) is 0 Å². The van der Waals surface area contributed by atoms with Gasteiger partial charge >= 0.3 is 0 Å². The fourth-order valence-corrected chi connectivity index (χ4v) is 2.84. The number of aliphatic hydroxyl groups is 1. The minimum atomic E-state index is -0.269. The third-order valence-electron chi connectivity index (χ3n) is 4.25. The van der Waals surface area contributed by atoms with Crippen molar-refractivity contribution in [3.05, 3.63) is 11.9 Å². The van der Waals surface area contributed by atoms with Crippen LogP contribution in [0.15, 0.2) is 6.07 Å². The van der Waals surface area contributed by atoms with Crippen LogP contribution >= 0.6 is 0 Å². The summed E-state index contributed by atoms with van der Waals surface area (Å²) >= 11 is 0. The first-order valence-electron chi connectivity index (χ1n) is 7.77. The molecule has 1 heterocycles. The minimum absolute atomic E-state index is 0.115. The van der Waals surface area contributed by atoms with Crippen molar-refractivity contribution >= 4 is 11.6 Å². The van der Waals surface area contributed by atoms with Crippen LogP contribution in [-0.4, -0.2) is 34.3 Å². The fourth-order valence-electron chi connectivity index (χ4n) is 2.84. The Bertz CT molecular complexity index is 461. The average Bonchev–Trinajstić information content (AvgIpc) is 3.29. The number of hydrogen-bond acceptors (Lipinski definition) is 5. The van der Waals surface area contributed by atoms with E-state index in [9.17, 15) is 5.11 Å². The van der Waals surface area contributed by atoms with Crippen LogP contribution in [0.1, 0.15) is 56.7 Å². The molecule has 2 unspecified atom stereocenters. The highest BCUT2D eigenvalue weighted by Crippen LogP contribution is 2.39. The maximum Gasteiger partial charge on any atom is 0.136 e. The monoisotopic (exact) mass is 276 g/mol. The molecule has 20 heavy (non-hydrogen) atoms. The molecule has 0 amide bonds. The van der Waals surface area contributed by atoms with Crippen molar-refractivity contribution in [3.63, 3.8) is 0 Å². The molecule has 1 aromatic rings. The Morgan fingerprint density at radius 1 is 1.05 bits per heavy atom. The maximum absolute atomic E-state index is 10.2. The molecule has 0 aromatic carbocycles. The summed E-state index contributed by atoms with van der Waals surface area (Å²) in [7, 11) is 1.88. The van der Waals surface area contributed by atoms with Crippen molar-refractivity contribution in [1.29, 1.82) is 0 Å². The molecule has 2 atom stereocenters. The topological polar surface area (TPSA) is 70.1 Å². The second kappa shape index (κ2) is 5.95. The molecule has 0 saturated heterocycles. The first-order chi connectivity index (χ1) is 9.76. The summed E-state index contributed by atoms with van der Waals surface area (Å²) in [5.74, 6) is 3.16. The van der Waals surface area contributed by atoms with Crippen molar-refractivity contribution in [3.8, 4) is 0 Å². The molecule has 0 bridgehead atoms. The Hall–Kier alpha value is -1.36. The number of hydrogen-bond donors (Lipinski definition) is 3. The summed E-state index contributed by atoms with van der Waals surface area (Å²) in [6.07, 6.45) is 7.53. The Morgan fingerprint density at radius 3 is 2.55 bits per heavy atom. The predicted octanol–water partition coefficient (Wildman–Crippen LogP) is 2.50. The summed E-state index contributed by atoms with van der Waals surface area (Å²) in [6.45, 7) is 0. The highest BCUT2D eigenvalue weighted by atomic mass is 16.3. The lowest BCUT2D eigenvalue weighted by Crippen LogP contribution is -2.33. The van der Waals surface area contributed by atoms with Crippen LogP contribution in [0.4, 0.5) is 11.6 Å². The van der Waals surface area contributed by atoms with Crippen molar-refractivity contribution in [2.75, 3.05) is 17.7 Å². The molecular formula is C15H24N4O. The molecule has 2 aliphatic carbocycles. The van der Waals surface area contributed by atoms with Gasteiger partial charge in [-0.25, -0.2) is 9.97 Å². The molecule has 0 radical (unpaired) electrons. The number of rotatable bonds is 4. The molecular weight excluding hydrogens is 252 g/mol. The van der Waals surface area contributed by atoms with E-state index in [-0.39, 0.29) is 12.1 Å². The molecule has 1 aromatic heterocycles. The van der Waals surface area contributed by atoms with E-state index in [1.165, 1.54) is 25.7 Å². The largest absolute Gasteiger partial charge is 0.391 e. The summed E-state index contributed by atoms with van der Waals surface area (Å²) < 4.78 is 0. The van der Waals surface area contributed by atoms with E-state index in [1.54, 1.807) is 0 Å². The summed E-state index contributed by atoms with van der Waals surface area (Å²) in [4.78, 5) is 9.15. The average molecular weight is 276 g/mol. The highest BCUT2D eigenvalue weighted by molar-refractivity contribution is 5.48. The second-order valence-electron chi connectivity index (χ2n) is 5.98. The van der Waals surface area contributed by atoms with Gasteiger partial charge in [0.05, 0.1) is 12.1 Å². The van der Waals surface area contributed by atoms with E-state index in [1.807, 2.05) is 13.1 Å². The van der Waals surface area contributed by atoms with Gasteiger partial charge in [0.1, 0.15) is 17.5 Å². The van der Waals surface area contributed by atoms with Gasteiger partial charge in [-0.2, -0.15) is 0 Å². The molecule has 2 aliphatic rings. The molecule has 0 aliphatic heterocycles. The summed E-state index contributed by atoms with van der Waals surface area (Å²) in [5.41, 5.74) is 0. The summed E-state index contributed by atoms with van der Waals surface area (Å²) in [5, 5.41) is 16.7. The first kappa shape index (κ1) is 13.6. The number of nitrogens with one attached hydrogen (secondary N) is 2. The standard InChI is InChI=1S/C15H24N4O/c1-16-13-9-14(19-15(18-13)10-7-8-10)17-11-5-3-2-4-6-12(11)20/h9-12,20H,2-8H2,1H3,(H2,16,17,18,19). The van der Waals surface area contributed by atoms with Gasteiger partial charge in [-0.1, -0.05) is 19.3 Å². The Morgan fingerprint density at radius 2 is 1.80 bits per heavy atom. The van der Waals surface area contributed by atoms with Gasteiger partial charge in [-0.3, -0.25) is 0 Å². The molecule has 5 nitrogen and oxygen atoms in total. The van der Waals surface area contributed by atoms with Crippen LogP contribution < -0.4 is 10.6 Å². The van der Waals surface area contributed by atoms with Gasteiger partial charge in [0.25, 0.3) is 0 Å². The van der Waals surface area contributed by atoms with Gasteiger partial charge in [0, 0.05) is 19.0 Å². The zero-order chi connectivity index (χ0) is 13.9. The van der Waals surface area contributed by atoms with E-state index < -0.39 is 0 Å². The van der Waals surface area contributed by atoms with E-state index in [0.29, 0.717) is 5.92 Å². The van der Waals surface area contributed by atoms with E-state index >= 15 is 0 Å². The lowest BCUT2D eigenvalue weighted by atomic mass is 10.1. The van der Waals surface area contributed by atoms with Crippen LogP contribution in [0.25, 0.3) is 0 Å². The van der Waals surface area contributed by atoms with Crippen molar-refractivity contribution in [2.24, 2.45) is 0 Å². The van der Waals surface area contributed by atoms with Gasteiger partial charge in [-0.05, 0) is 25.7 Å². The number of anilines is 2. The predicted molar refractivity (Wildman–Crippen MR) is 80.1 cm³/mol. The maximum atomic E-state index is 10.2. The fraction of sp³-hybridized carbons (Fsp3) is 0.733.